The highest BCUT2D eigenvalue weighted by Gasteiger charge is 2.30. The lowest BCUT2D eigenvalue weighted by molar-refractivity contribution is -0.131. The van der Waals surface area contributed by atoms with Crippen LogP contribution in [0.15, 0.2) is 65.3 Å². The Morgan fingerprint density at radius 3 is 2.30 bits per heavy atom. The number of carbonyl (C=O) groups excluding carboxylic acids is 2. The van der Waals surface area contributed by atoms with Crippen LogP contribution in [-0.4, -0.2) is 28.6 Å². The number of para-hydroxylation sites is 1. The fourth-order valence-corrected chi connectivity index (χ4v) is 4.16. The van der Waals surface area contributed by atoms with Gasteiger partial charge in [-0.15, -0.1) is 0 Å². The van der Waals surface area contributed by atoms with Gasteiger partial charge in [-0.3, -0.25) is 9.59 Å². The lowest BCUT2D eigenvalue weighted by Crippen LogP contribution is -2.30. The zero-order valence-corrected chi connectivity index (χ0v) is 22.2. The molecular weight excluding hydrogens is 468 g/mol. The number of fused-ring (bicyclic) bond motifs is 2. The summed E-state index contributed by atoms with van der Waals surface area (Å²) in [6.07, 6.45) is 10.3. The monoisotopic (exact) mass is 504 g/mol. The number of benzene rings is 2. The van der Waals surface area contributed by atoms with Gasteiger partial charge < -0.3 is 25.2 Å². The lowest BCUT2D eigenvalue weighted by atomic mass is 10.1. The topological polar surface area (TPSA) is 99.1 Å². The third kappa shape index (κ3) is 7.26. The Labute approximate surface area is 218 Å². The van der Waals surface area contributed by atoms with Gasteiger partial charge >= 0.3 is 5.97 Å². The van der Waals surface area contributed by atoms with Crippen molar-refractivity contribution >= 4 is 28.9 Å². The molecule has 1 amide bonds. The molecule has 2 aromatic carbocycles. The second-order valence-electron chi connectivity index (χ2n) is 9.63. The van der Waals surface area contributed by atoms with Gasteiger partial charge in [-0.05, 0) is 65.5 Å². The summed E-state index contributed by atoms with van der Waals surface area (Å²) < 4.78 is 5.32. The Balaban J connectivity index is 1.88. The van der Waals surface area contributed by atoms with Crippen molar-refractivity contribution in [3.05, 3.63) is 70.8 Å². The van der Waals surface area contributed by atoms with Crippen LogP contribution in [0.5, 0.6) is 17.2 Å². The number of nitrogens with one attached hydrogen (secondary N) is 1. The number of hydrogen-bond donors (Lipinski definition) is 3. The summed E-state index contributed by atoms with van der Waals surface area (Å²) in [4.78, 5) is 26.8. The van der Waals surface area contributed by atoms with Crippen molar-refractivity contribution in [2.75, 3.05) is 16.8 Å². The van der Waals surface area contributed by atoms with Crippen molar-refractivity contribution in [1.82, 2.24) is 0 Å². The SMILES string of the molecule is CC(=O)Oc1cc(O)cc2c1Nc1c(O)cccc1C(=O)N2CC=C(C)CCC=C(C)CCC=C(C)C. The fraction of sp³-hybridized carbons (Fsp3) is 0.333. The predicted octanol–water partition coefficient (Wildman–Crippen LogP) is 7.15. The molecule has 0 unspecified atom stereocenters. The molecule has 1 heterocycles. The van der Waals surface area contributed by atoms with Gasteiger partial charge in [0.25, 0.3) is 5.91 Å². The number of anilines is 3. The molecule has 3 rings (SSSR count). The number of carbonyl (C=O) groups is 2. The number of phenols is 2. The van der Waals surface area contributed by atoms with Crippen LogP contribution in [0.3, 0.4) is 0 Å². The molecule has 0 radical (unpaired) electrons. The number of hydrogen-bond acceptors (Lipinski definition) is 6. The summed E-state index contributed by atoms with van der Waals surface area (Å²) in [6.45, 7) is 9.89. The number of nitrogens with zero attached hydrogens (tertiary/aromatic N) is 1. The predicted molar refractivity (Wildman–Crippen MR) is 148 cm³/mol. The van der Waals surface area contributed by atoms with E-state index < -0.39 is 5.97 Å². The summed E-state index contributed by atoms with van der Waals surface area (Å²) >= 11 is 0. The molecule has 1 aliphatic heterocycles. The molecule has 2 aromatic rings. The number of allylic oxidation sites excluding steroid dienone is 5. The molecule has 196 valence electrons. The molecule has 7 heteroatoms. The Hall–Kier alpha value is -4.00. The second-order valence-corrected chi connectivity index (χ2v) is 9.63. The van der Waals surface area contributed by atoms with Crippen molar-refractivity contribution in [2.24, 2.45) is 0 Å². The van der Waals surface area contributed by atoms with E-state index in [2.05, 4.69) is 38.2 Å². The first-order chi connectivity index (χ1) is 17.6. The number of phenolic OH excluding ortho intramolecular Hbond substituents is 2. The van der Waals surface area contributed by atoms with E-state index in [1.54, 1.807) is 12.1 Å². The summed E-state index contributed by atoms with van der Waals surface area (Å²) in [5.41, 5.74) is 4.94. The molecule has 0 aliphatic carbocycles. The van der Waals surface area contributed by atoms with Crippen molar-refractivity contribution < 1.29 is 24.5 Å². The highest BCUT2D eigenvalue weighted by Crippen LogP contribution is 2.46. The molecule has 0 atom stereocenters. The standard InChI is InChI=1S/C30H36N2O5/c1-19(2)9-6-10-20(3)11-7-12-21(4)15-16-32-25-17-23(34)18-27(37-22(5)33)29(25)31-28-24(30(32)36)13-8-14-26(28)35/h8-9,11,13-15,17-18,31,34-35H,6-7,10,12,16H2,1-5H3. The maximum Gasteiger partial charge on any atom is 0.308 e. The van der Waals surface area contributed by atoms with Crippen LogP contribution in [-0.2, 0) is 4.79 Å². The zero-order valence-electron chi connectivity index (χ0n) is 22.2. The van der Waals surface area contributed by atoms with Crippen molar-refractivity contribution in [3.63, 3.8) is 0 Å². The first kappa shape index (κ1) is 27.6. The Morgan fingerprint density at radius 1 is 0.946 bits per heavy atom. The second kappa shape index (κ2) is 12.3. The quantitative estimate of drug-likeness (QED) is 0.110. The van der Waals surface area contributed by atoms with Gasteiger partial charge in [0.05, 0.1) is 16.9 Å². The maximum atomic E-state index is 13.6. The van der Waals surface area contributed by atoms with Gasteiger partial charge in [0, 0.05) is 25.6 Å². The van der Waals surface area contributed by atoms with Gasteiger partial charge in [0.15, 0.2) is 5.75 Å². The third-order valence-corrected chi connectivity index (χ3v) is 6.12. The fourth-order valence-electron chi connectivity index (χ4n) is 4.16. The molecule has 37 heavy (non-hydrogen) atoms. The van der Waals surface area contributed by atoms with Gasteiger partial charge in [0.2, 0.25) is 0 Å². The van der Waals surface area contributed by atoms with E-state index in [1.165, 1.54) is 41.2 Å². The lowest BCUT2D eigenvalue weighted by Gasteiger charge is -2.23. The van der Waals surface area contributed by atoms with E-state index >= 15 is 0 Å². The Morgan fingerprint density at radius 2 is 1.62 bits per heavy atom. The van der Waals surface area contributed by atoms with E-state index in [4.69, 9.17) is 4.74 Å². The average Bonchev–Trinajstić information content (AvgIpc) is 2.92. The average molecular weight is 505 g/mol. The number of esters is 1. The normalized spacial score (nSPS) is 13.3. The Kier molecular flexibility index (Phi) is 9.17. The molecular formula is C30H36N2O5. The van der Waals surface area contributed by atoms with Crippen LogP contribution < -0.4 is 15.0 Å². The van der Waals surface area contributed by atoms with Crippen molar-refractivity contribution in [2.45, 2.75) is 60.3 Å². The van der Waals surface area contributed by atoms with Crippen LogP contribution in [0.1, 0.15) is 70.7 Å². The summed E-state index contributed by atoms with van der Waals surface area (Å²) in [6, 6.07) is 7.43. The van der Waals surface area contributed by atoms with E-state index in [-0.39, 0.29) is 41.0 Å². The van der Waals surface area contributed by atoms with Crippen LogP contribution in [0.25, 0.3) is 0 Å². The minimum Gasteiger partial charge on any atom is -0.508 e. The van der Waals surface area contributed by atoms with Crippen molar-refractivity contribution in [1.29, 1.82) is 0 Å². The third-order valence-electron chi connectivity index (χ3n) is 6.12. The van der Waals surface area contributed by atoms with Gasteiger partial charge in [-0.25, -0.2) is 0 Å². The number of ether oxygens (including phenoxy) is 1. The number of amides is 1. The van der Waals surface area contributed by atoms with Crippen LogP contribution in [0, 0.1) is 0 Å². The highest BCUT2D eigenvalue weighted by atomic mass is 16.5. The number of rotatable bonds is 9. The van der Waals surface area contributed by atoms with Crippen LogP contribution in [0.4, 0.5) is 17.1 Å². The van der Waals surface area contributed by atoms with Crippen LogP contribution >= 0.6 is 0 Å². The van der Waals surface area contributed by atoms with Crippen LogP contribution in [0.2, 0.25) is 0 Å². The Bertz CT molecular complexity index is 1270. The molecule has 7 nitrogen and oxygen atoms in total. The molecule has 0 fully saturated rings. The van der Waals surface area contributed by atoms with E-state index in [0.29, 0.717) is 11.4 Å². The molecule has 0 saturated carbocycles. The largest absolute Gasteiger partial charge is 0.508 e. The molecule has 0 spiro atoms. The molecule has 0 aromatic heterocycles. The van der Waals surface area contributed by atoms with E-state index in [1.807, 2.05) is 13.0 Å². The minimum atomic E-state index is -0.575. The minimum absolute atomic E-state index is 0.0610. The smallest absolute Gasteiger partial charge is 0.308 e. The van der Waals surface area contributed by atoms with E-state index in [0.717, 1.165) is 31.3 Å². The van der Waals surface area contributed by atoms with Gasteiger partial charge in [0.1, 0.15) is 17.2 Å². The first-order valence-corrected chi connectivity index (χ1v) is 12.5. The van der Waals surface area contributed by atoms with Crippen molar-refractivity contribution in [3.8, 4) is 17.2 Å². The summed E-state index contributed by atoms with van der Waals surface area (Å²) in [5, 5.41) is 23.9. The number of aromatic hydroxyl groups is 2. The maximum absolute atomic E-state index is 13.6. The first-order valence-electron chi connectivity index (χ1n) is 12.5. The summed E-state index contributed by atoms with van der Waals surface area (Å²) in [7, 11) is 0. The molecule has 0 bridgehead atoms. The molecule has 0 saturated heterocycles. The van der Waals surface area contributed by atoms with E-state index in [9.17, 15) is 19.8 Å². The molecule has 3 N–H and O–H groups in total. The molecule has 1 aliphatic rings. The summed E-state index contributed by atoms with van der Waals surface area (Å²) in [5.74, 6) is -1.13. The zero-order chi connectivity index (χ0) is 27.1. The highest BCUT2D eigenvalue weighted by molar-refractivity contribution is 6.15. The van der Waals surface area contributed by atoms with Gasteiger partial charge in [-0.2, -0.15) is 0 Å². The van der Waals surface area contributed by atoms with Gasteiger partial charge in [-0.1, -0.05) is 41.0 Å².